The number of aliphatic hydroxyl groups excluding tert-OH is 1. The third kappa shape index (κ3) is 3.98. The third-order valence-corrected chi connectivity index (χ3v) is 6.61. The Labute approximate surface area is 183 Å². The van der Waals surface area contributed by atoms with Crippen LogP contribution in [0.3, 0.4) is 0 Å². The van der Waals surface area contributed by atoms with Gasteiger partial charge in [-0.05, 0) is 59.8 Å². The summed E-state index contributed by atoms with van der Waals surface area (Å²) in [6.07, 6.45) is 2.09. The van der Waals surface area contributed by atoms with Crippen LogP contribution in [0.1, 0.15) is 28.1 Å². The molecule has 0 unspecified atom stereocenters. The molecule has 0 saturated carbocycles. The number of nitrogens with zero attached hydrogens (tertiary/aromatic N) is 3. The molecular formula is C22H23FN4O3S. The Morgan fingerprint density at radius 1 is 1.35 bits per heavy atom. The van der Waals surface area contributed by atoms with E-state index < -0.39 is 5.41 Å². The predicted octanol–water partition coefficient (Wildman–Crippen LogP) is 3.71. The van der Waals surface area contributed by atoms with Crippen LogP contribution in [0.15, 0.2) is 42.7 Å². The summed E-state index contributed by atoms with van der Waals surface area (Å²) in [5.74, 6) is 0.218. The molecule has 4 rings (SSSR count). The Hall–Kier alpha value is -3.04. The molecule has 3 aromatic rings. The van der Waals surface area contributed by atoms with Gasteiger partial charge in [-0.1, -0.05) is 18.2 Å². The zero-order chi connectivity index (χ0) is 22.0. The normalized spacial score (nSPS) is 18.3. The minimum absolute atomic E-state index is 0.143. The number of aliphatic hydroxyl groups is 1. The Morgan fingerprint density at radius 3 is 2.87 bits per heavy atom. The summed E-state index contributed by atoms with van der Waals surface area (Å²) in [6, 6.07) is 10.00. The zero-order valence-corrected chi connectivity index (χ0v) is 18.1. The summed E-state index contributed by atoms with van der Waals surface area (Å²) in [6.45, 7) is 2.40. The van der Waals surface area contributed by atoms with Crippen molar-refractivity contribution in [3.63, 3.8) is 0 Å². The minimum Gasteiger partial charge on any atom is -0.495 e. The molecule has 1 saturated heterocycles. The summed E-state index contributed by atoms with van der Waals surface area (Å²) in [5.41, 5.74) is 1.87. The molecule has 9 heteroatoms. The second-order valence-electron chi connectivity index (χ2n) is 7.59. The highest BCUT2D eigenvalue weighted by atomic mass is 32.1. The van der Waals surface area contributed by atoms with E-state index in [4.69, 9.17) is 4.74 Å². The molecule has 7 nitrogen and oxygen atoms in total. The van der Waals surface area contributed by atoms with Gasteiger partial charge in [-0.25, -0.2) is 14.2 Å². The number of anilines is 1. The molecule has 0 radical (unpaired) electrons. The molecule has 31 heavy (non-hydrogen) atoms. The van der Waals surface area contributed by atoms with Gasteiger partial charge in [0.15, 0.2) is 0 Å². The molecule has 0 spiro atoms. The minimum atomic E-state index is -0.621. The number of ether oxygens (including phenoxy) is 1. The maximum atomic E-state index is 14.4. The van der Waals surface area contributed by atoms with Crippen molar-refractivity contribution in [2.45, 2.75) is 25.4 Å². The van der Waals surface area contributed by atoms with Crippen molar-refractivity contribution in [3.8, 4) is 5.75 Å². The third-order valence-electron chi connectivity index (χ3n) is 5.74. The number of methoxy groups -OCH3 is 1. The number of aryl methyl sites for hydroxylation is 1. The van der Waals surface area contributed by atoms with Gasteiger partial charge in [0.25, 0.3) is 0 Å². The molecule has 2 aromatic carbocycles. The van der Waals surface area contributed by atoms with Crippen molar-refractivity contribution in [2.75, 3.05) is 25.5 Å². The van der Waals surface area contributed by atoms with E-state index in [0.717, 1.165) is 10.6 Å². The molecule has 162 valence electrons. The predicted molar refractivity (Wildman–Crippen MR) is 116 cm³/mol. The Balaban J connectivity index is 1.62. The lowest BCUT2D eigenvalue weighted by molar-refractivity contribution is 0.220. The van der Waals surface area contributed by atoms with E-state index in [1.54, 1.807) is 36.1 Å². The molecule has 2 heterocycles. The van der Waals surface area contributed by atoms with Crippen LogP contribution in [0.2, 0.25) is 0 Å². The first kappa shape index (κ1) is 21.2. The van der Waals surface area contributed by atoms with Gasteiger partial charge in [0.05, 0.1) is 24.8 Å². The number of rotatable bonds is 5. The number of likely N-dealkylation sites (tertiary alicyclic amines) is 1. The second-order valence-corrected chi connectivity index (χ2v) is 8.37. The van der Waals surface area contributed by atoms with Crippen molar-refractivity contribution in [2.24, 2.45) is 0 Å². The molecule has 1 aromatic heterocycles. The van der Waals surface area contributed by atoms with Gasteiger partial charge in [-0.3, -0.25) is 0 Å². The van der Waals surface area contributed by atoms with Gasteiger partial charge < -0.3 is 20.1 Å². The van der Waals surface area contributed by atoms with Gasteiger partial charge >= 0.3 is 6.03 Å². The maximum Gasteiger partial charge on any atom is 0.321 e. The fourth-order valence-electron chi connectivity index (χ4n) is 3.94. The smallest absolute Gasteiger partial charge is 0.321 e. The lowest BCUT2D eigenvalue weighted by atomic mass is 9.80. The van der Waals surface area contributed by atoms with Crippen LogP contribution < -0.4 is 10.1 Å². The van der Waals surface area contributed by atoms with Gasteiger partial charge in [0.2, 0.25) is 0 Å². The topological polar surface area (TPSA) is 87.6 Å². The zero-order valence-electron chi connectivity index (χ0n) is 17.3. The lowest BCUT2D eigenvalue weighted by Crippen LogP contribution is -2.37. The number of amides is 2. The van der Waals surface area contributed by atoms with Gasteiger partial charge in [-0.15, -0.1) is 0 Å². The van der Waals surface area contributed by atoms with E-state index in [1.807, 2.05) is 6.07 Å². The number of halogens is 1. The fraction of sp³-hybridized carbons (Fsp3) is 0.318. The van der Waals surface area contributed by atoms with Crippen LogP contribution >= 0.6 is 11.5 Å². The van der Waals surface area contributed by atoms with Crippen LogP contribution in [-0.4, -0.2) is 45.6 Å². The number of benzene rings is 2. The molecule has 0 bridgehead atoms. The standard InChI is InChI=1S/C22H23FN4O3S/c1-14-3-5-16(10-17(14)23)22(20-24-13-25-31-20)7-8-27(12-22)21(29)26-18-9-15(11-28)4-6-19(18)30-2/h3-6,9-10,13,28H,7-8,11-12H2,1-2H3,(H,26,29)/t22-/m0/s1. The maximum absolute atomic E-state index is 14.4. The number of hydrogen-bond acceptors (Lipinski definition) is 6. The number of urea groups is 1. The number of aromatic nitrogens is 2. The Kier molecular flexibility index (Phi) is 5.88. The van der Waals surface area contributed by atoms with Crippen molar-refractivity contribution in [1.29, 1.82) is 0 Å². The largest absolute Gasteiger partial charge is 0.495 e. The first-order valence-electron chi connectivity index (χ1n) is 9.84. The highest BCUT2D eigenvalue weighted by Gasteiger charge is 2.45. The second kappa shape index (κ2) is 8.60. The van der Waals surface area contributed by atoms with Gasteiger partial charge in [0.1, 0.15) is 22.9 Å². The molecule has 1 aliphatic heterocycles. The van der Waals surface area contributed by atoms with Crippen molar-refractivity contribution >= 4 is 23.3 Å². The van der Waals surface area contributed by atoms with E-state index in [-0.39, 0.29) is 18.5 Å². The van der Waals surface area contributed by atoms with Crippen LogP contribution in [0.4, 0.5) is 14.9 Å². The molecule has 2 amide bonds. The Morgan fingerprint density at radius 2 is 2.19 bits per heavy atom. The van der Waals surface area contributed by atoms with E-state index in [9.17, 15) is 14.3 Å². The number of hydrogen-bond donors (Lipinski definition) is 2. The fourth-order valence-corrected chi connectivity index (χ4v) is 4.68. The highest BCUT2D eigenvalue weighted by Crippen LogP contribution is 2.42. The summed E-state index contributed by atoms with van der Waals surface area (Å²) >= 11 is 1.26. The van der Waals surface area contributed by atoms with E-state index in [0.29, 0.717) is 42.1 Å². The summed E-state index contributed by atoms with van der Waals surface area (Å²) in [4.78, 5) is 19.2. The number of nitrogens with one attached hydrogen (secondary N) is 1. The van der Waals surface area contributed by atoms with Crippen molar-refractivity contribution in [3.05, 3.63) is 70.2 Å². The molecule has 1 atom stereocenters. The van der Waals surface area contributed by atoms with Crippen LogP contribution in [0, 0.1) is 12.7 Å². The van der Waals surface area contributed by atoms with Crippen LogP contribution in [-0.2, 0) is 12.0 Å². The monoisotopic (exact) mass is 442 g/mol. The van der Waals surface area contributed by atoms with Crippen LogP contribution in [0.25, 0.3) is 0 Å². The molecule has 1 fully saturated rings. The van der Waals surface area contributed by atoms with E-state index in [2.05, 4.69) is 14.7 Å². The van der Waals surface area contributed by atoms with Crippen molar-refractivity contribution < 1.29 is 19.0 Å². The quantitative estimate of drug-likeness (QED) is 0.629. The number of carbonyl (C=O) groups excluding carboxylic acids is 1. The van der Waals surface area contributed by atoms with E-state index in [1.165, 1.54) is 31.0 Å². The summed E-state index contributed by atoms with van der Waals surface area (Å²) in [7, 11) is 1.52. The lowest BCUT2D eigenvalue weighted by Gasteiger charge is -2.28. The first-order chi connectivity index (χ1) is 15.0. The first-order valence-corrected chi connectivity index (χ1v) is 10.6. The average molecular weight is 443 g/mol. The molecular weight excluding hydrogens is 419 g/mol. The summed E-state index contributed by atoms with van der Waals surface area (Å²) < 4.78 is 23.8. The SMILES string of the molecule is COc1ccc(CO)cc1NC(=O)N1CC[C@](c2ccc(C)c(F)c2)(c2ncns2)C1. The van der Waals surface area contributed by atoms with E-state index >= 15 is 0 Å². The average Bonchev–Trinajstić information content (AvgIpc) is 3.46. The Bertz CT molecular complexity index is 1090. The number of carbonyl (C=O) groups is 1. The van der Waals surface area contributed by atoms with Gasteiger partial charge in [-0.2, -0.15) is 4.37 Å². The molecule has 0 aliphatic carbocycles. The van der Waals surface area contributed by atoms with Gasteiger partial charge in [0, 0.05) is 13.1 Å². The van der Waals surface area contributed by atoms with Crippen molar-refractivity contribution in [1.82, 2.24) is 14.3 Å². The molecule has 2 N–H and O–H groups in total. The van der Waals surface area contributed by atoms with Crippen LogP contribution in [0.5, 0.6) is 5.75 Å². The highest BCUT2D eigenvalue weighted by molar-refractivity contribution is 7.05. The molecule has 1 aliphatic rings. The summed E-state index contributed by atoms with van der Waals surface area (Å²) in [5, 5.41) is 13.0.